The zero-order valence-electron chi connectivity index (χ0n) is 12.0. The first-order valence-electron chi connectivity index (χ1n) is 6.21. The van der Waals surface area contributed by atoms with E-state index in [9.17, 15) is 9.59 Å². The second-order valence-electron chi connectivity index (χ2n) is 5.07. The van der Waals surface area contributed by atoms with Crippen LogP contribution in [-0.4, -0.2) is 39.5 Å². The van der Waals surface area contributed by atoms with Crippen LogP contribution >= 0.6 is 21.6 Å². The maximum absolute atomic E-state index is 11.6. The number of rotatable bonds is 6. The van der Waals surface area contributed by atoms with Crippen LogP contribution in [0.3, 0.4) is 0 Å². The standard InChI is InChI=1S/C13H18N2O4S2/c1-13(2,3)19-12(18)15-9(11(16)17)8-20-21-10-6-4-5-7-14-10/h4-7,9H,8H2,1-3H3,(H,15,18)(H,16,17)/t9-/m0/s1. The average molecular weight is 330 g/mol. The number of amides is 1. The molecule has 0 saturated heterocycles. The van der Waals surface area contributed by atoms with Gasteiger partial charge in [0.2, 0.25) is 0 Å². The van der Waals surface area contributed by atoms with E-state index in [-0.39, 0.29) is 5.75 Å². The fourth-order valence-electron chi connectivity index (χ4n) is 1.18. The molecule has 0 aliphatic carbocycles. The van der Waals surface area contributed by atoms with Crippen molar-refractivity contribution in [2.24, 2.45) is 0 Å². The summed E-state index contributed by atoms with van der Waals surface area (Å²) in [5.41, 5.74) is -0.664. The van der Waals surface area contributed by atoms with E-state index in [4.69, 9.17) is 9.84 Å². The molecule has 1 atom stereocenters. The van der Waals surface area contributed by atoms with E-state index in [0.717, 1.165) is 5.03 Å². The number of pyridine rings is 1. The molecular formula is C13H18N2O4S2. The van der Waals surface area contributed by atoms with E-state index in [2.05, 4.69) is 10.3 Å². The fourth-order valence-corrected chi connectivity index (χ4v) is 3.24. The lowest BCUT2D eigenvalue weighted by Crippen LogP contribution is -2.44. The first kappa shape index (κ1) is 17.6. The SMILES string of the molecule is CC(C)(C)OC(=O)N[C@@H](CSSc1ccccn1)C(=O)O. The molecule has 21 heavy (non-hydrogen) atoms. The van der Waals surface area contributed by atoms with Gasteiger partial charge in [0.15, 0.2) is 0 Å². The summed E-state index contributed by atoms with van der Waals surface area (Å²) in [5, 5.41) is 12.2. The van der Waals surface area contributed by atoms with Gasteiger partial charge >= 0.3 is 12.1 Å². The topological polar surface area (TPSA) is 88.5 Å². The summed E-state index contributed by atoms with van der Waals surface area (Å²) in [7, 11) is 2.66. The largest absolute Gasteiger partial charge is 0.480 e. The molecule has 1 aromatic heterocycles. The number of nitrogens with one attached hydrogen (secondary N) is 1. The van der Waals surface area contributed by atoms with Crippen LogP contribution in [0.25, 0.3) is 0 Å². The molecule has 1 aromatic rings. The minimum atomic E-state index is -1.10. The van der Waals surface area contributed by atoms with E-state index in [1.807, 2.05) is 12.1 Å². The Kier molecular flexibility index (Phi) is 6.83. The molecule has 116 valence electrons. The molecule has 1 heterocycles. The molecule has 0 aliphatic heterocycles. The van der Waals surface area contributed by atoms with Crippen LogP contribution in [0.5, 0.6) is 0 Å². The van der Waals surface area contributed by atoms with Crippen LogP contribution in [-0.2, 0) is 9.53 Å². The van der Waals surface area contributed by atoms with Crippen molar-refractivity contribution in [1.29, 1.82) is 0 Å². The monoisotopic (exact) mass is 330 g/mol. The predicted octanol–water partition coefficient (Wildman–Crippen LogP) is 2.80. The summed E-state index contributed by atoms with van der Waals surface area (Å²) in [5.74, 6) is -0.898. The molecule has 0 aromatic carbocycles. The molecule has 0 radical (unpaired) electrons. The van der Waals surface area contributed by atoms with Crippen molar-refractivity contribution >= 4 is 33.7 Å². The summed E-state index contributed by atoms with van der Waals surface area (Å²) in [6, 6.07) is 4.47. The van der Waals surface area contributed by atoms with Gasteiger partial charge in [0.1, 0.15) is 16.7 Å². The molecular weight excluding hydrogens is 312 g/mol. The third kappa shape index (κ3) is 7.81. The van der Waals surface area contributed by atoms with Crippen LogP contribution in [0.2, 0.25) is 0 Å². The zero-order valence-corrected chi connectivity index (χ0v) is 13.7. The summed E-state index contributed by atoms with van der Waals surface area (Å²) < 4.78 is 5.04. The number of alkyl carbamates (subject to hydrolysis) is 1. The lowest BCUT2D eigenvalue weighted by atomic mass is 10.2. The van der Waals surface area contributed by atoms with Crippen molar-refractivity contribution in [3.05, 3.63) is 24.4 Å². The Morgan fingerprint density at radius 3 is 2.67 bits per heavy atom. The first-order chi connectivity index (χ1) is 9.78. The summed E-state index contributed by atoms with van der Waals surface area (Å²) in [6.07, 6.45) is 0.926. The molecule has 1 amide bonds. The number of carbonyl (C=O) groups is 2. The second kappa shape index (κ2) is 8.14. The second-order valence-corrected chi connectivity index (χ2v) is 7.43. The number of ether oxygens (including phenoxy) is 1. The van der Waals surface area contributed by atoms with Crippen LogP contribution in [0, 0.1) is 0 Å². The van der Waals surface area contributed by atoms with Gasteiger partial charge in [0.25, 0.3) is 0 Å². The number of hydrogen-bond donors (Lipinski definition) is 2. The van der Waals surface area contributed by atoms with Gasteiger partial charge in [-0.25, -0.2) is 14.6 Å². The van der Waals surface area contributed by atoms with Crippen molar-refractivity contribution in [1.82, 2.24) is 10.3 Å². The number of aliphatic carboxylic acids is 1. The van der Waals surface area contributed by atoms with Crippen LogP contribution in [0.4, 0.5) is 4.79 Å². The Morgan fingerprint density at radius 2 is 2.14 bits per heavy atom. The lowest BCUT2D eigenvalue weighted by Gasteiger charge is -2.21. The predicted molar refractivity (Wildman–Crippen MR) is 83.3 cm³/mol. The van der Waals surface area contributed by atoms with E-state index in [1.54, 1.807) is 33.0 Å². The molecule has 6 nitrogen and oxygen atoms in total. The molecule has 0 aliphatic rings. The minimum absolute atomic E-state index is 0.204. The number of aromatic nitrogens is 1. The van der Waals surface area contributed by atoms with Crippen molar-refractivity contribution in [2.45, 2.75) is 37.4 Å². The highest BCUT2D eigenvalue weighted by Crippen LogP contribution is 2.29. The number of carboxylic acid groups (broad SMARTS) is 1. The van der Waals surface area contributed by atoms with Gasteiger partial charge in [-0.05, 0) is 43.7 Å². The van der Waals surface area contributed by atoms with Gasteiger partial charge in [-0.1, -0.05) is 16.9 Å². The zero-order chi connectivity index (χ0) is 15.9. The van der Waals surface area contributed by atoms with Crippen LogP contribution < -0.4 is 5.32 Å². The maximum Gasteiger partial charge on any atom is 0.408 e. The Bertz CT molecular complexity index is 477. The average Bonchev–Trinajstić information content (AvgIpc) is 2.36. The Labute approximate surface area is 131 Å². The maximum atomic E-state index is 11.6. The number of nitrogens with zero attached hydrogens (tertiary/aromatic N) is 1. The molecule has 8 heteroatoms. The highest BCUT2D eigenvalue weighted by molar-refractivity contribution is 8.76. The molecule has 0 spiro atoms. The van der Waals surface area contributed by atoms with Crippen molar-refractivity contribution < 1.29 is 19.4 Å². The van der Waals surface area contributed by atoms with Crippen LogP contribution in [0.1, 0.15) is 20.8 Å². The van der Waals surface area contributed by atoms with E-state index >= 15 is 0 Å². The van der Waals surface area contributed by atoms with Crippen molar-refractivity contribution in [3.8, 4) is 0 Å². The molecule has 0 bridgehead atoms. The van der Waals surface area contributed by atoms with Gasteiger partial charge in [-0.3, -0.25) is 0 Å². The fraction of sp³-hybridized carbons (Fsp3) is 0.462. The lowest BCUT2D eigenvalue weighted by molar-refractivity contribution is -0.138. The summed E-state index contributed by atoms with van der Waals surface area (Å²) in [6.45, 7) is 5.15. The third-order valence-corrected chi connectivity index (χ3v) is 4.28. The molecule has 0 unspecified atom stereocenters. The molecule has 0 saturated carbocycles. The summed E-state index contributed by atoms with van der Waals surface area (Å²) in [4.78, 5) is 26.8. The third-order valence-electron chi connectivity index (χ3n) is 2.01. The Morgan fingerprint density at radius 1 is 1.43 bits per heavy atom. The van der Waals surface area contributed by atoms with E-state index in [0.29, 0.717) is 0 Å². The Hall–Kier alpha value is -1.41. The van der Waals surface area contributed by atoms with Gasteiger partial charge in [-0.2, -0.15) is 0 Å². The van der Waals surface area contributed by atoms with Crippen molar-refractivity contribution in [2.75, 3.05) is 5.75 Å². The van der Waals surface area contributed by atoms with Gasteiger partial charge < -0.3 is 15.2 Å². The van der Waals surface area contributed by atoms with Gasteiger partial charge in [-0.15, -0.1) is 0 Å². The van der Waals surface area contributed by atoms with Crippen molar-refractivity contribution in [3.63, 3.8) is 0 Å². The minimum Gasteiger partial charge on any atom is -0.480 e. The molecule has 2 N–H and O–H groups in total. The number of carboxylic acids is 1. The van der Waals surface area contributed by atoms with Gasteiger partial charge in [0, 0.05) is 11.9 Å². The van der Waals surface area contributed by atoms with E-state index in [1.165, 1.54) is 21.6 Å². The Balaban J connectivity index is 2.43. The number of hydrogen-bond acceptors (Lipinski definition) is 6. The highest BCUT2D eigenvalue weighted by atomic mass is 33.1. The number of carbonyl (C=O) groups excluding carboxylic acids is 1. The highest BCUT2D eigenvalue weighted by Gasteiger charge is 2.24. The first-order valence-corrected chi connectivity index (χ1v) is 8.52. The molecule has 0 fully saturated rings. The van der Waals surface area contributed by atoms with Crippen LogP contribution in [0.15, 0.2) is 29.4 Å². The van der Waals surface area contributed by atoms with Gasteiger partial charge in [0.05, 0.1) is 0 Å². The van der Waals surface area contributed by atoms with E-state index < -0.39 is 23.7 Å². The summed E-state index contributed by atoms with van der Waals surface area (Å²) >= 11 is 0. The normalized spacial score (nSPS) is 12.5. The smallest absolute Gasteiger partial charge is 0.408 e. The quantitative estimate of drug-likeness (QED) is 0.775. The molecule has 1 rings (SSSR count).